The van der Waals surface area contributed by atoms with Crippen molar-refractivity contribution in [2.45, 2.75) is 6.54 Å². The van der Waals surface area contributed by atoms with E-state index in [1.165, 1.54) is 0 Å². The highest BCUT2D eigenvalue weighted by Gasteiger charge is 2.09. The zero-order chi connectivity index (χ0) is 14.4. The van der Waals surface area contributed by atoms with E-state index < -0.39 is 0 Å². The highest BCUT2D eigenvalue weighted by molar-refractivity contribution is 5.99. The topological polar surface area (TPSA) is 64.9 Å². The van der Waals surface area contributed by atoms with Crippen LogP contribution >= 0.6 is 0 Å². The van der Waals surface area contributed by atoms with Crippen molar-refractivity contribution in [3.8, 4) is 6.07 Å². The quantitative estimate of drug-likeness (QED) is 0.892. The van der Waals surface area contributed by atoms with E-state index in [4.69, 9.17) is 5.26 Å². The van der Waals surface area contributed by atoms with Gasteiger partial charge in [-0.2, -0.15) is 5.26 Å². The van der Waals surface area contributed by atoms with E-state index in [1.807, 2.05) is 30.3 Å². The van der Waals surface area contributed by atoms with Gasteiger partial charge in [-0.25, -0.2) is 0 Å². The minimum Gasteiger partial charge on any atom is -0.387 e. The Bertz CT molecular complexity index is 659. The van der Waals surface area contributed by atoms with Gasteiger partial charge in [-0.05, 0) is 29.8 Å². The number of carbonyl (C=O) groups is 1. The Morgan fingerprint density at radius 1 is 1.20 bits per heavy atom. The van der Waals surface area contributed by atoms with Crippen LogP contribution in [-0.4, -0.2) is 13.0 Å². The first-order valence-electron chi connectivity index (χ1n) is 6.28. The molecule has 0 fully saturated rings. The summed E-state index contributed by atoms with van der Waals surface area (Å²) in [6, 6.07) is 16.6. The van der Waals surface area contributed by atoms with Gasteiger partial charge in [0.25, 0.3) is 5.91 Å². The third-order valence-electron chi connectivity index (χ3n) is 2.95. The molecule has 2 aromatic rings. The smallest absolute Gasteiger partial charge is 0.253 e. The van der Waals surface area contributed by atoms with Crippen molar-refractivity contribution < 1.29 is 4.79 Å². The second kappa shape index (κ2) is 6.39. The van der Waals surface area contributed by atoms with E-state index in [9.17, 15) is 4.79 Å². The summed E-state index contributed by atoms with van der Waals surface area (Å²) >= 11 is 0. The van der Waals surface area contributed by atoms with Gasteiger partial charge < -0.3 is 10.6 Å². The summed E-state index contributed by atoms with van der Waals surface area (Å²) < 4.78 is 0. The van der Waals surface area contributed by atoms with Crippen LogP contribution < -0.4 is 10.6 Å². The van der Waals surface area contributed by atoms with Gasteiger partial charge in [0.2, 0.25) is 0 Å². The van der Waals surface area contributed by atoms with Crippen molar-refractivity contribution in [3.05, 3.63) is 65.2 Å². The van der Waals surface area contributed by atoms with Crippen LogP contribution in [0.15, 0.2) is 48.5 Å². The minimum absolute atomic E-state index is 0.141. The Kier molecular flexibility index (Phi) is 4.35. The molecule has 0 radical (unpaired) electrons. The molecule has 4 heteroatoms. The number of para-hydroxylation sites is 1. The van der Waals surface area contributed by atoms with Crippen LogP contribution in [0.25, 0.3) is 0 Å². The molecule has 0 saturated heterocycles. The summed E-state index contributed by atoms with van der Waals surface area (Å²) in [4.78, 5) is 12.1. The SMILES string of the molecule is CNc1ccccc1C(=O)NCc1cccc(C#N)c1. The molecule has 100 valence electrons. The van der Waals surface area contributed by atoms with Crippen LogP contribution in [0.5, 0.6) is 0 Å². The normalized spacial score (nSPS) is 9.60. The van der Waals surface area contributed by atoms with E-state index in [-0.39, 0.29) is 5.91 Å². The summed E-state index contributed by atoms with van der Waals surface area (Å²) in [7, 11) is 1.78. The van der Waals surface area contributed by atoms with Crippen LogP contribution in [0.2, 0.25) is 0 Å². The highest BCUT2D eigenvalue weighted by atomic mass is 16.1. The van der Waals surface area contributed by atoms with Crippen LogP contribution in [0.3, 0.4) is 0 Å². The molecule has 2 rings (SSSR count). The summed E-state index contributed by atoms with van der Waals surface area (Å²) in [6.07, 6.45) is 0. The van der Waals surface area contributed by atoms with Gasteiger partial charge >= 0.3 is 0 Å². The first-order valence-corrected chi connectivity index (χ1v) is 6.28. The van der Waals surface area contributed by atoms with Crippen LogP contribution in [0, 0.1) is 11.3 Å². The minimum atomic E-state index is -0.141. The van der Waals surface area contributed by atoms with Crippen molar-refractivity contribution in [1.82, 2.24) is 5.32 Å². The Hall–Kier alpha value is -2.80. The second-order valence-corrected chi connectivity index (χ2v) is 4.29. The summed E-state index contributed by atoms with van der Waals surface area (Å²) in [5.74, 6) is -0.141. The molecule has 0 aliphatic carbocycles. The number of carbonyl (C=O) groups excluding carboxylic acids is 1. The molecule has 1 amide bonds. The average molecular weight is 265 g/mol. The third-order valence-corrected chi connectivity index (χ3v) is 2.95. The van der Waals surface area contributed by atoms with Gasteiger partial charge in [0.05, 0.1) is 17.2 Å². The number of rotatable bonds is 4. The van der Waals surface area contributed by atoms with E-state index in [0.717, 1.165) is 11.3 Å². The summed E-state index contributed by atoms with van der Waals surface area (Å²) in [5.41, 5.74) is 2.88. The maximum Gasteiger partial charge on any atom is 0.253 e. The number of nitrogens with one attached hydrogen (secondary N) is 2. The third kappa shape index (κ3) is 3.15. The van der Waals surface area contributed by atoms with Gasteiger partial charge in [0.15, 0.2) is 0 Å². The van der Waals surface area contributed by atoms with Crippen molar-refractivity contribution in [3.63, 3.8) is 0 Å². The molecule has 2 N–H and O–H groups in total. The maximum atomic E-state index is 12.1. The molecule has 0 heterocycles. The van der Waals surface area contributed by atoms with Crippen LogP contribution in [-0.2, 0) is 6.54 Å². The molecular formula is C16H15N3O. The molecule has 0 saturated carbocycles. The second-order valence-electron chi connectivity index (χ2n) is 4.29. The molecule has 0 aliphatic rings. The molecule has 0 spiro atoms. The van der Waals surface area contributed by atoms with E-state index in [1.54, 1.807) is 25.2 Å². The maximum absolute atomic E-state index is 12.1. The molecular weight excluding hydrogens is 250 g/mol. The zero-order valence-corrected chi connectivity index (χ0v) is 11.2. The number of nitrogens with zero attached hydrogens (tertiary/aromatic N) is 1. The highest BCUT2D eigenvalue weighted by Crippen LogP contribution is 2.14. The fraction of sp³-hybridized carbons (Fsp3) is 0.125. The largest absolute Gasteiger partial charge is 0.387 e. The lowest BCUT2D eigenvalue weighted by Gasteiger charge is -2.09. The van der Waals surface area contributed by atoms with Gasteiger partial charge in [0, 0.05) is 19.3 Å². The number of hydrogen-bond donors (Lipinski definition) is 2. The van der Waals surface area contributed by atoms with Crippen molar-refractivity contribution in [1.29, 1.82) is 5.26 Å². The number of amides is 1. The molecule has 4 nitrogen and oxygen atoms in total. The number of nitriles is 1. The first-order chi connectivity index (χ1) is 9.74. The monoisotopic (exact) mass is 265 g/mol. The van der Waals surface area contributed by atoms with Crippen molar-refractivity contribution in [2.75, 3.05) is 12.4 Å². The average Bonchev–Trinajstić information content (AvgIpc) is 2.52. The van der Waals surface area contributed by atoms with Gasteiger partial charge in [-0.1, -0.05) is 24.3 Å². The first kappa shape index (κ1) is 13.6. The Morgan fingerprint density at radius 2 is 2.00 bits per heavy atom. The lowest BCUT2D eigenvalue weighted by molar-refractivity contribution is 0.0951. The van der Waals surface area contributed by atoms with Gasteiger partial charge in [0.1, 0.15) is 0 Å². The lowest BCUT2D eigenvalue weighted by Crippen LogP contribution is -2.23. The number of hydrogen-bond acceptors (Lipinski definition) is 3. The predicted octanol–water partition coefficient (Wildman–Crippen LogP) is 2.53. The lowest BCUT2D eigenvalue weighted by atomic mass is 10.1. The van der Waals surface area contributed by atoms with Gasteiger partial charge in [-0.15, -0.1) is 0 Å². The molecule has 0 atom stereocenters. The summed E-state index contributed by atoms with van der Waals surface area (Å²) in [5, 5.41) is 14.7. The van der Waals surface area contributed by atoms with E-state index in [0.29, 0.717) is 17.7 Å². The predicted molar refractivity (Wildman–Crippen MR) is 78.3 cm³/mol. The van der Waals surface area contributed by atoms with Crippen molar-refractivity contribution in [2.24, 2.45) is 0 Å². The molecule has 0 unspecified atom stereocenters. The Labute approximate surface area is 118 Å². The van der Waals surface area contributed by atoms with E-state index >= 15 is 0 Å². The van der Waals surface area contributed by atoms with E-state index in [2.05, 4.69) is 16.7 Å². The Morgan fingerprint density at radius 3 is 2.75 bits per heavy atom. The van der Waals surface area contributed by atoms with Crippen LogP contribution in [0.1, 0.15) is 21.5 Å². The Balaban J connectivity index is 2.07. The number of anilines is 1. The molecule has 0 bridgehead atoms. The van der Waals surface area contributed by atoms with Gasteiger partial charge in [-0.3, -0.25) is 4.79 Å². The fourth-order valence-corrected chi connectivity index (χ4v) is 1.93. The zero-order valence-electron chi connectivity index (χ0n) is 11.2. The molecule has 2 aromatic carbocycles. The molecule has 0 aliphatic heterocycles. The van der Waals surface area contributed by atoms with Crippen molar-refractivity contribution >= 4 is 11.6 Å². The molecule has 20 heavy (non-hydrogen) atoms. The standard InChI is InChI=1S/C16H15N3O/c1-18-15-8-3-2-7-14(15)16(20)19-11-13-6-4-5-12(9-13)10-17/h2-9,18H,11H2,1H3,(H,19,20). The summed E-state index contributed by atoms with van der Waals surface area (Å²) in [6.45, 7) is 0.395. The number of benzene rings is 2. The fourth-order valence-electron chi connectivity index (χ4n) is 1.93. The van der Waals surface area contributed by atoms with Crippen LogP contribution in [0.4, 0.5) is 5.69 Å². The molecule has 0 aromatic heterocycles.